The van der Waals surface area contributed by atoms with Crippen molar-refractivity contribution < 1.29 is 4.39 Å². The highest BCUT2D eigenvalue weighted by Crippen LogP contribution is 2.10. The Labute approximate surface area is 96.4 Å². The number of hydrogen-bond acceptors (Lipinski definition) is 2. The van der Waals surface area contributed by atoms with E-state index in [1.54, 1.807) is 13.0 Å². The first-order valence-electron chi connectivity index (χ1n) is 5.99. The summed E-state index contributed by atoms with van der Waals surface area (Å²) in [6.07, 6.45) is 3.89. The number of benzene rings is 1. The molecule has 0 aliphatic carbocycles. The first-order chi connectivity index (χ1) is 7.75. The molecule has 88 valence electrons. The van der Waals surface area contributed by atoms with Crippen LogP contribution in [0.2, 0.25) is 0 Å². The van der Waals surface area contributed by atoms with Crippen LogP contribution in [0.3, 0.4) is 0 Å². The van der Waals surface area contributed by atoms with Crippen LogP contribution < -0.4 is 5.43 Å². The minimum absolute atomic E-state index is 0.123. The van der Waals surface area contributed by atoms with E-state index in [0.29, 0.717) is 0 Å². The Hall–Kier alpha value is -0.930. The topological polar surface area (TPSA) is 15.3 Å². The van der Waals surface area contributed by atoms with E-state index in [0.717, 1.165) is 30.8 Å². The van der Waals surface area contributed by atoms with Crippen LogP contribution in [0.4, 0.5) is 4.39 Å². The molecule has 0 spiro atoms. The molecule has 0 atom stereocenters. The van der Waals surface area contributed by atoms with Gasteiger partial charge in [-0.05, 0) is 37.0 Å². The van der Waals surface area contributed by atoms with E-state index in [-0.39, 0.29) is 5.82 Å². The number of hydrogen-bond donors (Lipinski definition) is 1. The van der Waals surface area contributed by atoms with E-state index >= 15 is 0 Å². The molecule has 0 saturated carbocycles. The molecule has 2 rings (SSSR count). The normalized spacial score (nSPS) is 17.6. The molecule has 3 heteroatoms. The Morgan fingerprint density at radius 2 is 2.00 bits per heavy atom. The molecule has 1 aliphatic heterocycles. The van der Waals surface area contributed by atoms with Gasteiger partial charge in [-0.15, -0.1) is 0 Å². The number of hydrazine groups is 1. The summed E-state index contributed by atoms with van der Waals surface area (Å²) in [4.78, 5) is 0. The van der Waals surface area contributed by atoms with E-state index in [9.17, 15) is 4.39 Å². The molecule has 0 unspecified atom stereocenters. The van der Waals surface area contributed by atoms with Crippen molar-refractivity contribution in [2.45, 2.75) is 32.7 Å². The lowest BCUT2D eigenvalue weighted by molar-refractivity contribution is 0.151. The van der Waals surface area contributed by atoms with Gasteiger partial charge in [-0.1, -0.05) is 18.6 Å². The maximum absolute atomic E-state index is 13.1. The fourth-order valence-electron chi connectivity index (χ4n) is 2.07. The standard InChI is InChI=1S/C13H19FN2/c1-11-9-12(5-6-13(11)14)10-15-16-7-3-2-4-8-16/h5-6,9,15H,2-4,7-8,10H2,1H3. The molecule has 1 aromatic rings. The molecule has 1 N–H and O–H groups in total. The van der Waals surface area contributed by atoms with Gasteiger partial charge in [-0.2, -0.15) is 0 Å². The summed E-state index contributed by atoms with van der Waals surface area (Å²) in [7, 11) is 0. The first-order valence-corrected chi connectivity index (χ1v) is 5.99. The van der Waals surface area contributed by atoms with E-state index in [4.69, 9.17) is 0 Å². The molecule has 1 aliphatic rings. The fourth-order valence-corrected chi connectivity index (χ4v) is 2.07. The largest absolute Gasteiger partial charge is 0.251 e. The maximum Gasteiger partial charge on any atom is 0.126 e. The number of aryl methyl sites for hydroxylation is 1. The lowest BCUT2D eigenvalue weighted by Gasteiger charge is -2.27. The summed E-state index contributed by atoms with van der Waals surface area (Å²) in [5.74, 6) is -0.123. The van der Waals surface area contributed by atoms with Crippen LogP contribution in [-0.2, 0) is 6.54 Å². The quantitative estimate of drug-likeness (QED) is 0.845. The zero-order valence-electron chi connectivity index (χ0n) is 9.80. The predicted molar refractivity (Wildman–Crippen MR) is 63.4 cm³/mol. The van der Waals surface area contributed by atoms with Crippen molar-refractivity contribution in [1.82, 2.24) is 10.4 Å². The molecule has 0 bridgehead atoms. The van der Waals surface area contributed by atoms with Crippen molar-refractivity contribution in [2.24, 2.45) is 0 Å². The molecule has 0 aromatic heterocycles. The van der Waals surface area contributed by atoms with Gasteiger partial charge in [0.1, 0.15) is 5.82 Å². The Morgan fingerprint density at radius 1 is 1.25 bits per heavy atom. The maximum atomic E-state index is 13.1. The molecule has 1 fully saturated rings. The zero-order valence-corrected chi connectivity index (χ0v) is 9.80. The zero-order chi connectivity index (χ0) is 11.4. The van der Waals surface area contributed by atoms with E-state index < -0.39 is 0 Å². The van der Waals surface area contributed by atoms with Gasteiger partial charge in [-0.25, -0.2) is 9.40 Å². The van der Waals surface area contributed by atoms with Crippen molar-refractivity contribution >= 4 is 0 Å². The van der Waals surface area contributed by atoms with Gasteiger partial charge >= 0.3 is 0 Å². The Balaban J connectivity index is 1.86. The summed E-state index contributed by atoms with van der Waals surface area (Å²) in [6, 6.07) is 5.30. The SMILES string of the molecule is Cc1cc(CNN2CCCCC2)ccc1F. The minimum atomic E-state index is -0.123. The van der Waals surface area contributed by atoms with Crippen LogP contribution in [0, 0.1) is 12.7 Å². The fraction of sp³-hybridized carbons (Fsp3) is 0.538. The van der Waals surface area contributed by atoms with Gasteiger partial charge in [-0.3, -0.25) is 5.43 Å². The summed E-state index contributed by atoms with van der Waals surface area (Å²) < 4.78 is 13.1. The number of piperidine rings is 1. The van der Waals surface area contributed by atoms with Crippen molar-refractivity contribution in [3.05, 3.63) is 35.1 Å². The smallest absolute Gasteiger partial charge is 0.126 e. The van der Waals surface area contributed by atoms with E-state index in [2.05, 4.69) is 10.4 Å². The van der Waals surface area contributed by atoms with E-state index in [1.807, 2.05) is 12.1 Å². The molecule has 16 heavy (non-hydrogen) atoms. The average molecular weight is 222 g/mol. The van der Waals surface area contributed by atoms with Gasteiger partial charge < -0.3 is 0 Å². The highest BCUT2D eigenvalue weighted by atomic mass is 19.1. The van der Waals surface area contributed by atoms with Gasteiger partial charge in [0.15, 0.2) is 0 Å². The third-order valence-corrected chi connectivity index (χ3v) is 3.09. The lowest BCUT2D eigenvalue weighted by atomic mass is 10.1. The van der Waals surface area contributed by atoms with Crippen molar-refractivity contribution in [2.75, 3.05) is 13.1 Å². The minimum Gasteiger partial charge on any atom is -0.251 e. The van der Waals surface area contributed by atoms with Gasteiger partial charge in [0.2, 0.25) is 0 Å². The van der Waals surface area contributed by atoms with E-state index in [1.165, 1.54) is 19.3 Å². The number of nitrogens with one attached hydrogen (secondary N) is 1. The second-order valence-electron chi connectivity index (χ2n) is 4.47. The van der Waals surface area contributed by atoms with Crippen molar-refractivity contribution in [3.8, 4) is 0 Å². The summed E-state index contributed by atoms with van der Waals surface area (Å²) in [5.41, 5.74) is 5.26. The molecular weight excluding hydrogens is 203 g/mol. The number of nitrogens with zero attached hydrogens (tertiary/aromatic N) is 1. The van der Waals surface area contributed by atoms with Crippen LogP contribution in [-0.4, -0.2) is 18.1 Å². The Kier molecular flexibility index (Phi) is 3.91. The Bertz CT molecular complexity index is 346. The summed E-state index contributed by atoms with van der Waals surface area (Å²) >= 11 is 0. The van der Waals surface area contributed by atoms with Crippen LogP contribution in [0.15, 0.2) is 18.2 Å². The monoisotopic (exact) mass is 222 g/mol. The van der Waals surface area contributed by atoms with Crippen LogP contribution in [0.25, 0.3) is 0 Å². The summed E-state index contributed by atoms with van der Waals surface area (Å²) in [6.45, 7) is 4.85. The average Bonchev–Trinajstić information content (AvgIpc) is 2.32. The second-order valence-corrected chi connectivity index (χ2v) is 4.47. The van der Waals surface area contributed by atoms with Crippen molar-refractivity contribution in [3.63, 3.8) is 0 Å². The van der Waals surface area contributed by atoms with Gasteiger partial charge in [0, 0.05) is 19.6 Å². The second kappa shape index (κ2) is 5.41. The molecule has 0 amide bonds. The van der Waals surface area contributed by atoms with Crippen LogP contribution >= 0.6 is 0 Å². The van der Waals surface area contributed by atoms with Crippen LogP contribution in [0.1, 0.15) is 30.4 Å². The molecule has 1 saturated heterocycles. The highest BCUT2D eigenvalue weighted by molar-refractivity contribution is 5.23. The van der Waals surface area contributed by atoms with Gasteiger partial charge in [0.05, 0.1) is 0 Å². The predicted octanol–water partition coefficient (Wildman–Crippen LogP) is 2.62. The molecule has 2 nitrogen and oxygen atoms in total. The molecule has 1 heterocycles. The lowest BCUT2D eigenvalue weighted by Crippen LogP contribution is -2.41. The molecule has 0 radical (unpaired) electrons. The first kappa shape index (κ1) is 11.6. The molecule has 1 aromatic carbocycles. The van der Waals surface area contributed by atoms with Crippen LogP contribution in [0.5, 0.6) is 0 Å². The summed E-state index contributed by atoms with van der Waals surface area (Å²) in [5, 5.41) is 2.27. The Morgan fingerprint density at radius 3 is 2.69 bits per heavy atom. The molecular formula is C13H19FN2. The third-order valence-electron chi connectivity index (χ3n) is 3.09. The third kappa shape index (κ3) is 3.03. The number of halogens is 1. The number of rotatable bonds is 3. The van der Waals surface area contributed by atoms with Crippen molar-refractivity contribution in [1.29, 1.82) is 0 Å². The highest BCUT2D eigenvalue weighted by Gasteiger charge is 2.09. The van der Waals surface area contributed by atoms with Gasteiger partial charge in [0.25, 0.3) is 0 Å².